The van der Waals surface area contributed by atoms with Crippen molar-refractivity contribution >= 4 is 29.0 Å². The minimum atomic E-state index is -1.35. The second kappa shape index (κ2) is 11.2. The number of aliphatic carboxylic acids is 1. The zero-order chi connectivity index (χ0) is 25.7. The number of aliphatic hydroxyl groups excluding tert-OH is 2. The molecule has 0 spiro atoms. The van der Waals surface area contributed by atoms with E-state index in [4.69, 9.17) is 14.6 Å². The third-order valence-corrected chi connectivity index (χ3v) is 5.58. The molecule has 2 aromatic heterocycles. The zero-order valence-electron chi connectivity index (χ0n) is 19.0. The highest BCUT2D eigenvalue weighted by Crippen LogP contribution is 2.32. The number of anilines is 1. The number of nitrogens with one attached hydrogen (secondary N) is 2. The maximum absolute atomic E-state index is 11.8. The van der Waals surface area contributed by atoms with Gasteiger partial charge in [0.25, 0.3) is 0 Å². The van der Waals surface area contributed by atoms with Gasteiger partial charge in [-0.3, -0.25) is 9.36 Å². The number of fused-ring (bicyclic) bond motifs is 1. The van der Waals surface area contributed by atoms with E-state index in [0.29, 0.717) is 23.5 Å². The van der Waals surface area contributed by atoms with Crippen molar-refractivity contribution < 1.29 is 39.5 Å². The number of ether oxygens (including phenoxy) is 2. The Bertz CT molecular complexity index is 1200. The summed E-state index contributed by atoms with van der Waals surface area (Å²) >= 11 is 0. The Kier molecular flexibility index (Phi) is 7.77. The Balaban J connectivity index is 1.38. The van der Waals surface area contributed by atoms with Crippen molar-refractivity contribution in [1.82, 2.24) is 24.8 Å². The Morgan fingerprint density at radius 3 is 2.64 bits per heavy atom. The molecule has 3 aromatic rings. The van der Waals surface area contributed by atoms with Gasteiger partial charge in [0.05, 0.1) is 6.33 Å². The van der Waals surface area contributed by atoms with Crippen LogP contribution in [0.4, 0.5) is 10.6 Å². The fourth-order valence-electron chi connectivity index (χ4n) is 3.70. The highest BCUT2D eigenvalue weighted by Gasteiger charge is 2.45. The smallest absolute Gasteiger partial charge is 0.407 e. The van der Waals surface area contributed by atoms with Crippen LogP contribution in [-0.4, -0.2) is 83.5 Å². The lowest BCUT2D eigenvalue weighted by atomic mass is 10.1. The number of phenolic OH excluding ortho intramolecular Hbond substituents is 1. The quantitative estimate of drug-likeness (QED) is 0.208. The van der Waals surface area contributed by atoms with Crippen molar-refractivity contribution in [2.75, 3.05) is 18.5 Å². The minimum absolute atomic E-state index is 0.0882. The van der Waals surface area contributed by atoms with Crippen LogP contribution >= 0.6 is 0 Å². The number of carbonyl (C=O) groups excluding carboxylic acids is 1. The Labute approximate surface area is 204 Å². The third kappa shape index (κ3) is 5.79. The number of carboxylic acids is 1. The van der Waals surface area contributed by atoms with E-state index in [9.17, 15) is 24.9 Å². The molecule has 6 N–H and O–H groups in total. The first-order valence-electron chi connectivity index (χ1n) is 11.2. The van der Waals surface area contributed by atoms with Gasteiger partial charge in [0.15, 0.2) is 23.2 Å². The lowest BCUT2D eigenvalue weighted by Gasteiger charge is -2.16. The number of carbonyl (C=O) groups is 2. The summed E-state index contributed by atoms with van der Waals surface area (Å²) in [7, 11) is 0. The Hall–Kier alpha value is -4.01. The number of hydrogen-bond acceptors (Lipinski definition) is 11. The molecule has 1 amide bonds. The number of aromatic nitrogens is 4. The van der Waals surface area contributed by atoms with Crippen LogP contribution in [-0.2, 0) is 20.8 Å². The maximum atomic E-state index is 11.8. The van der Waals surface area contributed by atoms with Gasteiger partial charge >= 0.3 is 12.1 Å². The van der Waals surface area contributed by atoms with Crippen molar-refractivity contribution in [3.63, 3.8) is 0 Å². The zero-order valence-corrected chi connectivity index (χ0v) is 19.0. The number of aromatic hydroxyl groups is 1. The lowest BCUT2D eigenvalue weighted by molar-refractivity contribution is -0.137. The molecule has 1 aliphatic heterocycles. The molecule has 0 saturated carbocycles. The van der Waals surface area contributed by atoms with Gasteiger partial charge in [-0.1, -0.05) is 12.1 Å². The maximum Gasteiger partial charge on any atom is 0.407 e. The number of phenols is 1. The monoisotopic (exact) mass is 502 g/mol. The van der Waals surface area contributed by atoms with Gasteiger partial charge in [-0.25, -0.2) is 19.7 Å². The first kappa shape index (κ1) is 25.1. The van der Waals surface area contributed by atoms with Crippen molar-refractivity contribution in [1.29, 1.82) is 0 Å². The van der Waals surface area contributed by atoms with Crippen LogP contribution in [0.2, 0.25) is 0 Å². The minimum Gasteiger partial charge on any atom is -0.508 e. The topological polar surface area (TPSA) is 201 Å². The highest BCUT2D eigenvalue weighted by atomic mass is 16.6. The van der Waals surface area contributed by atoms with Gasteiger partial charge in [0.2, 0.25) is 0 Å². The van der Waals surface area contributed by atoms with Gasteiger partial charge < -0.3 is 40.5 Å². The summed E-state index contributed by atoms with van der Waals surface area (Å²) in [4.78, 5) is 35.1. The molecule has 1 fully saturated rings. The average Bonchev–Trinajstić information content (AvgIpc) is 3.41. The summed E-state index contributed by atoms with van der Waals surface area (Å²) in [5, 5.41) is 44.6. The summed E-state index contributed by atoms with van der Waals surface area (Å²) in [6.07, 6.45) is -2.65. The van der Waals surface area contributed by atoms with Crippen LogP contribution in [0.3, 0.4) is 0 Å². The predicted octanol–water partition coefficient (Wildman–Crippen LogP) is 0.354. The molecule has 4 rings (SSSR count). The number of aliphatic hydroxyl groups is 2. The molecule has 1 saturated heterocycles. The van der Waals surface area contributed by atoms with Crippen LogP contribution in [0.15, 0.2) is 36.9 Å². The van der Waals surface area contributed by atoms with E-state index in [1.165, 1.54) is 17.2 Å². The second-order valence-corrected chi connectivity index (χ2v) is 8.14. The third-order valence-electron chi connectivity index (χ3n) is 5.58. The van der Waals surface area contributed by atoms with Gasteiger partial charge in [0.1, 0.15) is 37.0 Å². The summed E-state index contributed by atoms with van der Waals surface area (Å²) in [6.45, 7) is 0.202. The molecular formula is C22H26N6O8. The largest absolute Gasteiger partial charge is 0.508 e. The van der Waals surface area contributed by atoms with Gasteiger partial charge in [-0.05, 0) is 24.1 Å². The van der Waals surface area contributed by atoms with Crippen LogP contribution in [0.5, 0.6) is 5.75 Å². The standard InChI is InChI=1S/C22H26N6O8/c29-13-5-3-12(4-6-13)8-24-19-16-20(26-10-25-19)28(11-27-16)21-18(33)17(32)14(36-21)9-35-22(34)23-7-1-2-15(30)31/h3-6,10-11,14,17-18,21,29,32-33H,1-2,7-9H2,(H,23,34)(H,30,31)(H,24,25,26)/t14-,17?,18?,21-/m1/s1. The molecule has 4 atom stereocenters. The van der Waals surface area contributed by atoms with E-state index >= 15 is 0 Å². The Morgan fingerprint density at radius 1 is 1.11 bits per heavy atom. The number of rotatable bonds is 10. The number of amides is 1. The fraction of sp³-hybridized carbons (Fsp3) is 0.409. The number of imidazole rings is 1. The van der Waals surface area contributed by atoms with E-state index < -0.39 is 36.6 Å². The van der Waals surface area contributed by atoms with Crippen LogP contribution in [0.25, 0.3) is 11.2 Å². The van der Waals surface area contributed by atoms with Crippen molar-refractivity contribution in [2.45, 2.75) is 43.9 Å². The second-order valence-electron chi connectivity index (χ2n) is 8.14. The number of alkyl carbamates (subject to hydrolysis) is 1. The SMILES string of the molecule is O=C(O)CCCNC(=O)OC[C@H]1O[C@@H](n2cnc3c(NCc4ccc(O)cc4)ncnc32)C(O)C1O. The molecule has 1 aromatic carbocycles. The summed E-state index contributed by atoms with van der Waals surface area (Å²) in [5.74, 6) is -0.358. The molecule has 14 heteroatoms. The predicted molar refractivity (Wildman–Crippen MR) is 123 cm³/mol. The van der Waals surface area contributed by atoms with Crippen LogP contribution in [0.1, 0.15) is 24.6 Å². The molecule has 0 radical (unpaired) electrons. The molecule has 192 valence electrons. The van der Waals surface area contributed by atoms with E-state index in [-0.39, 0.29) is 31.7 Å². The van der Waals surface area contributed by atoms with Crippen LogP contribution in [0, 0.1) is 0 Å². The first-order chi connectivity index (χ1) is 17.3. The summed E-state index contributed by atoms with van der Waals surface area (Å²) < 4.78 is 12.3. The highest BCUT2D eigenvalue weighted by molar-refractivity contribution is 5.82. The molecule has 14 nitrogen and oxygen atoms in total. The average molecular weight is 502 g/mol. The van der Waals surface area contributed by atoms with Gasteiger partial charge in [-0.2, -0.15) is 0 Å². The van der Waals surface area contributed by atoms with E-state index in [1.807, 2.05) is 0 Å². The first-order valence-corrected chi connectivity index (χ1v) is 11.2. The van der Waals surface area contributed by atoms with Crippen molar-refractivity contribution in [3.8, 4) is 5.75 Å². The van der Waals surface area contributed by atoms with E-state index in [0.717, 1.165) is 5.56 Å². The number of hydrogen-bond donors (Lipinski definition) is 6. The molecule has 0 bridgehead atoms. The normalized spacial score (nSPS) is 21.4. The van der Waals surface area contributed by atoms with Crippen molar-refractivity contribution in [2.24, 2.45) is 0 Å². The van der Waals surface area contributed by atoms with Gasteiger partial charge in [0, 0.05) is 19.5 Å². The molecule has 36 heavy (non-hydrogen) atoms. The van der Waals surface area contributed by atoms with E-state index in [1.54, 1.807) is 24.3 Å². The summed E-state index contributed by atoms with van der Waals surface area (Å²) in [6, 6.07) is 6.69. The van der Waals surface area contributed by atoms with E-state index in [2.05, 4.69) is 25.6 Å². The number of nitrogens with zero attached hydrogens (tertiary/aromatic N) is 4. The van der Waals surface area contributed by atoms with Crippen molar-refractivity contribution in [3.05, 3.63) is 42.5 Å². The van der Waals surface area contributed by atoms with Crippen LogP contribution < -0.4 is 10.6 Å². The number of carboxylic acid groups (broad SMARTS) is 1. The molecule has 0 aliphatic carbocycles. The Morgan fingerprint density at radius 2 is 1.89 bits per heavy atom. The molecule has 3 heterocycles. The van der Waals surface area contributed by atoms with Gasteiger partial charge in [-0.15, -0.1) is 0 Å². The number of benzene rings is 1. The molecule has 1 aliphatic rings. The summed E-state index contributed by atoms with van der Waals surface area (Å²) in [5.41, 5.74) is 1.68. The fourth-order valence-corrected chi connectivity index (χ4v) is 3.70. The lowest BCUT2D eigenvalue weighted by Crippen LogP contribution is -2.36. The molecule has 2 unspecified atom stereocenters. The molecular weight excluding hydrogens is 476 g/mol.